The van der Waals surface area contributed by atoms with E-state index in [2.05, 4.69) is 36.9 Å². The number of amides is 1. The molecule has 2 aliphatic heterocycles. The van der Waals surface area contributed by atoms with Crippen molar-refractivity contribution in [3.05, 3.63) is 59.2 Å². The van der Waals surface area contributed by atoms with E-state index in [1.807, 2.05) is 4.90 Å². The van der Waals surface area contributed by atoms with Crippen LogP contribution in [0.4, 0.5) is 5.69 Å². The molecule has 0 aromatic heterocycles. The first-order valence-corrected chi connectivity index (χ1v) is 13.0. The summed E-state index contributed by atoms with van der Waals surface area (Å²) in [6, 6.07) is 12.8. The molecule has 0 saturated carbocycles. The van der Waals surface area contributed by atoms with Crippen LogP contribution in [0, 0.1) is 13.8 Å². The lowest BCUT2D eigenvalue weighted by Crippen LogP contribution is -2.49. The summed E-state index contributed by atoms with van der Waals surface area (Å²) in [6.45, 7) is 8.30. The summed E-state index contributed by atoms with van der Waals surface area (Å²) in [5.41, 5.74) is 4.34. The normalized spacial score (nSPS) is 18.4. The molecule has 7 heteroatoms. The average molecular weight is 456 g/mol. The first kappa shape index (κ1) is 22.8. The van der Waals surface area contributed by atoms with E-state index in [0.29, 0.717) is 31.7 Å². The number of piperazine rings is 1. The van der Waals surface area contributed by atoms with E-state index in [1.54, 1.807) is 28.6 Å². The monoisotopic (exact) mass is 455 g/mol. The molecule has 0 aliphatic carbocycles. The van der Waals surface area contributed by atoms with Gasteiger partial charge in [0.25, 0.3) is 5.91 Å². The molecule has 172 valence electrons. The quantitative estimate of drug-likeness (QED) is 0.703. The van der Waals surface area contributed by atoms with E-state index in [4.69, 9.17) is 0 Å². The van der Waals surface area contributed by atoms with Gasteiger partial charge in [0.2, 0.25) is 10.0 Å². The molecule has 0 atom stereocenters. The Morgan fingerprint density at radius 1 is 0.781 bits per heavy atom. The molecule has 2 aliphatic rings. The third-order valence-corrected chi connectivity index (χ3v) is 8.70. The summed E-state index contributed by atoms with van der Waals surface area (Å²) in [6.07, 6.45) is 3.97. The van der Waals surface area contributed by atoms with Crippen molar-refractivity contribution in [2.75, 3.05) is 44.2 Å². The van der Waals surface area contributed by atoms with Crippen LogP contribution in [0.25, 0.3) is 0 Å². The molecule has 32 heavy (non-hydrogen) atoms. The number of anilines is 1. The topological polar surface area (TPSA) is 60.9 Å². The zero-order valence-corrected chi connectivity index (χ0v) is 19.9. The number of carbonyl (C=O) groups excluding carboxylic acids is 1. The second kappa shape index (κ2) is 9.63. The number of carbonyl (C=O) groups is 1. The van der Waals surface area contributed by atoms with E-state index in [-0.39, 0.29) is 10.8 Å². The van der Waals surface area contributed by atoms with Crippen molar-refractivity contribution in [2.45, 2.75) is 44.4 Å². The molecule has 2 fully saturated rings. The minimum absolute atomic E-state index is 0.0377. The zero-order valence-electron chi connectivity index (χ0n) is 19.1. The largest absolute Gasteiger partial charge is 0.368 e. The highest BCUT2D eigenvalue weighted by Gasteiger charge is 2.27. The minimum atomic E-state index is -3.50. The van der Waals surface area contributed by atoms with E-state index < -0.39 is 10.0 Å². The van der Waals surface area contributed by atoms with Crippen molar-refractivity contribution < 1.29 is 13.2 Å². The van der Waals surface area contributed by atoms with Gasteiger partial charge in [0, 0.05) is 50.5 Å². The Morgan fingerprint density at radius 3 is 2.03 bits per heavy atom. The Balaban J connectivity index is 1.40. The smallest absolute Gasteiger partial charge is 0.253 e. The summed E-state index contributed by atoms with van der Waals surface area (Å²) in [7, 11) is -3.50. The van der Waals surface area contributed by atoms with Crippen LogP contribution in [0.2, 0.25) is 0 Å². The predicted molar refractivity (Wildman–Crippen MR) is 128 cm³/mol. The Labute approximate surface area is 191 Å². The third kappa shape index (κ3) is 4.69. The fourth-order valence-electron chi connectivity index (χ4n) is 4.61. The molecular formula is C25H33N3O3S. The number of hydrogen-bond acceptors (Lipinski definition) is 4. The lowest BCUT2D eigenvalue weighted by molar-refractivity contribution is 0.0746. The Bertz CT molecular complexity index is 1050. The van der Waals surface area contributed by atoms with Crippen LogP contribution < -0.4 is 4.90 Å². The highest BCUT2D eigenvalue weighted by molar-refractivity contribution is 7.89. The minimum Gasteiger partial charge on any atom is -0.368 e. The molecule has 2 heterocycles. The van der Waals surface area contributed by atoms with Crippen LogP contribution >= 0.6 is 0 Å². The van der Waals surface area contributed by atoms with Crippen LogP contribution in [0.5, 0.6) is 0 Å². The molecule has 0 unspecified atom stereocenters. The van der Waals surface area contributed by atoms with Gasteiger partial charge in [-0.2, -0.15) is 4.31 Å². The molecule has 0 radical (unpaired) electrons. The van der Waals surface area contributed by atoms with Gasteiger partial charge in [-0.05, 0) is 68.1 Å². The standard InChI is InChI=1S/C25H33N3O3S/c1-20-8-7-9-24(21(20)2)26-16-18-27(19-17-26)25(29)22-10-12-23(13-11-22)32(30,31)28-14-5-3-4-6-15-28/h7-13H,3-6,14-19H2,1-2H3. The van der Waals surface area contributed by atoms with Crippen molar-refractivity contribution >= 4 is 21.6 Å². The number of rotatable bonds is 4. The zero-order chi connectivity index (χ0) is 22.7. The van der Waals surface area contributed by atoms with Gasteiger partial charge in [0.1, 0.15) is 0 Å². The summed E-state index contributed by atoms with van der Waals surface area (Å²) < 4.78 is 27.5. The number of nitrogens with zero attached hydrogens (tertiary/aromatic N) is 3. The lowest BCUT2D eigenvalue weighted by Gasteiger charge is -2.37. The fourth-order valence-corrected chi connectivity index (χ4v) is 6.13. The first-order valence-electron chi connectivity index (χ1n) is 11.6. The molecule has 4 rings (SSSR count). The van der Waals surface area contributed by atoms with E-state index in [9.17, 15) is 13.2 Å². The maximum absolute atomic E-state index is 13.0. The summed E-state index contributed by atoms with van der Waals surface area (Å²) in [5.74, 6) is -0.0377. The molecule has 0 N–H and O–H groups in total. The van der Waals surface area contributed by atoms with Crippen molar-refractivity contribution in [3.8, 4) is 0 Å². The van der Waals surface area contributed by atoms with Gasteiger partial charge >= 0.3 is 0 Å². The van der Waals surface area contributed by atoms with Gasteiger partial charge < -0.3 is 9.80 Å². The van der Waals surface area contributed by atoms with Gasteiger partial charge in [0.15, 0.2) is 0 Å². The van der Waals surface area contributed by atoms with Gasteiger partial charge in [-0.25, -0.2) is 8.42 Å². The van der Waals surface area contributed by atoms with Crippen LogP contribution in [0.15, 0.2) is 47.4 Å². The molecule has 2 saturated heterocycles. The number of sulfonamides is 1. The first-order chi connectivity index (χ1) is 15.4. The van der Waals surface area contributed by atoms with Crippen LogP contribution in [-0.2, 0) is 10.0 Å². The van der Waals surface area contributed by atoms with Gasteiger partial charge in [-0.3, -0.25) is 4.79 Å². The second-order valence-electron chi connectivity index (χ2n) is 8.84. The average Bonchev–Trinajstić information content (AvgIpc) is 3.11. The van der Waals surface area contributed by atoms with E-state index in [0.717, 1.165) is 38.8 Å². The SMILES string of the molecule is Cc1cccc(N2CCN(C(=O)c3ccc(S(=O)(=O)N4CCCCCC4)cc3)CC2)c1C. The van der Waals surface area contributed by atoms with Crippen molar-refractivity contribution in [2.24, 2.45) is 0 Å². The van der Waals surface area contributed by atoms with Crippen LogP contribution in [0.3, 0.4) is 0 Å². The summed E-state index contributed by atoms with van der Waals surface area (Å²) >= 11 is 0. The van der Waals surface area contributed by atoms with Crippen molar-refractivity contribution in [1.29, 1.82) is 0 Å². The molecule has 2 aromatic carbocycles. The van der Waals surface area contributed by atoms with Gasteiger partial charge in [-0.1, -0.05) is 25.0 Å². The Hall–Kier alpha value is -2.38. The maximum atomic E-state index is 13.0. The van der Waals surface area contributed by atoms with E-state index in [1.165, 1.54) is 16.8 Å². The molecule has 2 aromatic rings. The molecular weight excluding hydrogens is 422 g/mol. The lowest BCUT2D eigenvalue weighted by atomic mass is 10.1. The third-order valence-electron chi connectivity index (χ3n) is 6.79. The second-order valence-corrected chi connectivity index (χ2v) is 10.8. The highest BCUT2D eigenvalue weighted by atomic mass is 32.2. The van der Waals surface area contributed by atoms with Crippen molar-refractivity contribution in [3.63, 3.8) is 0 Å². The van der Waals surface area contributed by atoms with Gasteiger partial charge in [0.05, 0.1) is 4.90 Å². The number of aryl methyl sites for hydroxylation is 1. The van der Waals surface area contributed by atoms with Crippen LogP contribution in [0.1, 0.15) is 47.2 Å². The Morgan fingerprint density at radius 2 is 1.41 bits per heavy atom. The Kier molecular flexibility index (Phi) is 6.86. The molecule has 6 nitrogen and oxygen atoms in total. The number of benzene rings is 2. The molecule has 1 amide bonds. The summed E-state index contributed by atoms with van der Waals surface area (Å²) in [4.78, 5) is 17.5. The molecule has 0 spiro atoms. The fraction of sp³-hybridized carbons (Fsp3) is 0.480. The molecule has 0 bridgehead atoms. The predicted octanol–water partition coefficient (Wildman–Crippen LogP) is 3.83. The summed E-state index contributed by atoms with van der Waals surface area (Å²) in [5, 5.41) is 0. The number of hydrogen-bond donors (Lipinski definition) is 0. The van der Waals surface area contributed by atoms with Crippen LogP contribution in [-0.4, -0.2) is 62.8 Å². The van der Waals surface area contributed by atoms with Gasteiger partial charge in [-0.15, -0.1) is 0 Å². The maximum Gasteiger partial charge on any atom is 0.253 e. The van der Waals surface area contributed by atoms with Crippen molar-refractivity contribution in [1.82, 2.24) is 9.21 Å². The highest BCUT2D eigenvalue weighted by Crippen LogP contribution is 2.25. The van der Waals surface area contributed by atoms with E-state index >= 15 is 0 Å².